The van der Waals surface area contributed by atoms with Gasteiger partial charge in [0.15, 0.2) is 5.78 Å². The Bertz CT molecular complexity index is 443. The zero-order valence-corrected chi connectivity index (χ0v) is 11.3. The molecule has 1 aliphatic carbocycles. The third-order valence-corrected chi connectivity index (χ3v) is 4.20. The second-order valence-corrected chi connectivity index (χ2v) is 5.65. The Morgan fingerprint density at radius 1 is 1.53 bits per heavy atom. The fraction of sp³-hybridized carbons (Fsp3) is 0.385. The highest BCUT2D eigenvalue weighted by molar-refractivity contribution is 8.23. The monoisotopic (exact) mass is 266 g/mol. The second-order valence-electron chi connectivity index (χ2n) is 3.85. The van der Waals surface area contributed by atoms with Gasteiger partial charge >= 0.3 is 0 Å². The fourth-order valence-electron chi connectivity index (χ4n) is 1.95. The first-order valence-electron chi connectivity index (χ1n) is 5.68. The average molecular weight is 266 g/mol. The highest BCUT2D eigenvalue weighted by Gasteiger charge is 2.28. The number of thiocarbonyl (C=S) groups is 1. The molecule has 0 saturated carbocycles. The molecule has 17 heavy (non-hydrogen) atoms. The minimum Gasteiger partial charge on any atom is -0.479 e. The van der Waals surface area contributed by atoms with Crippen molar-refractivity contribution in [2.24, 2.45) is 0 Å². The number of benzene rings is 1. The van der Waals surface area contributed by atoms with Crippen molar-refractivity contribution in [1.29, 1.82) is 0 Å². The number of fused-ring (bicyclic) bond motifs is 1. The van der Waals surface area contributed by atoms with Gasteiger partial charge < -0.3 is 4.74 Å². The summed E-state index contributed by atoms with van der Waals surface area (Å²) in [7, 11) is 0. The van der Waals surface area contributed by atoms with Crippen LogP contribution in [0.4, 0.5) is 0 Å². The van der Waals surface area contributed by atoms with Crippen LogP contribution in [0.25, 0.3) is 0 Å². The van der Waals surface area contributed by atoms with Gasteiger partial charge in [-0.25, -0.2) is 0 Å². The summed E-state index contributed by atoms with van der Waals surface area (Å²) < 4.78 is 5.70. The smallest absolute Gasteiger partial charge is 0.220 e. The van der Waals surface area contributed by atoms with Crippen molar-refractivity contribution in [3.63, 3.8) is 0 Å². The predicted molar refractivity (Wildman–Crippen MR) is 74.7 cm³/mol. The number of ketones is 1. The summed E-state index contributed by atoms with van der Waals surface area (Å²) in [5.41, 5.74) is 1.99. The lowest BCUT2D eigenvalue weighted by Crippen LogP contribution is -2.26. The number of Topliss-reactive ketones (excluding diaryl/α,β-unsaturated/α-hetero) is 1. The molecule has 0 saturated heterocycles. The van der Waals surface area contributed by atoms with Crippen molar-refractivity contribution in [3.8, 4) is 0 Å². The van der Waals surface area contributed by atoms with Crippen LogP contribution in [0.3, 0.4) is 0 Å². The minimum absolute atomic E-state index is 0.0797. The Balaban J connectivity index is 2.10. The fourth-order valence-corrected chi connectivity index (χ4v) is 3.30. The lowest BCUT2D eigenvalue weighted by atomic mass is 9.90. The summed E-state index contributed by atoms with van der Waals surface area (Å²) in [5.74, 6) is 0.180. The molecule has 0 heterocycles. The van der Waals surface area contributed by atoms with E-state index in [-0.39, 0.29) is 11.0 Å². The molecule has 1 aromatic rings. The van der Waals surface area contributed by atoms with Crippen molar-refractivity contribution >= 4 is 34.1 Å². The Kier molecular flexibility index (Phi) is 4.18. The van der Waals surface area contributed by atoms with E-state index in [2.05, 4.69) is 0 Å². The van der Waals surface area contributed by atoms with Crippen molar-refractivity contribution in [1.82, 2.24) is 0 Å². The van der Waals surface area contributed by atoms with E-state index in [0.717, 1.165) is 24.0 Å². The molecule has 0 fully saturated rings. The highest BCUT2D eigenvalue weighted by atomic mass is 32.2. The van der Waals surface area contributed by atoms with Crippen LogP contribution >= 0.6 is 24.0 Å². The van der Waals surface area contributed by atoms with Crippen LogP contribution in [0.5, 0.6) is 0 Å². The number of rotatable bonds is 2. The second kappa shape index (κ2) is 5.65. The molecular formula is C13H14O2S2. The predicted octanol–water partition coefficient (Wildman–Crippen LogP) is 3.24. The molecule has 1 aliphatic rings. The zero-order chi connectivity index (χ0) is 12.3. The quantitative estimate of drug-likeness (QED) is 0.768. The lowest BCUT2D eigenvalue weighted by Gasteiger charge is -2.22. The number of hydrogen-bond donors (Lipinski definition) is 0. The van der Waals surface area contributed by atoms with Gasteiger partial charge in [-0.3, -0.25) is 4.79 Å². The number of carbonyl (C=O) groups is 1. The van der Waals surface area contributed by atoms with Gasteiger partial charge in [-0.05, 0) is 37.5 Å². The summed E-state index contributed by atoms with van der Waals surface area (Å²) in [6.07, 6.45) is 1.78. The third kappa shape index (κ3) is 2.87. The molecule has 0 amide bonds. The highest BCUT2D eigenvalue weighted by Crippen LogP contribution is 2.29. The van der Waals surface area contributed by atoms with Crippen LogP contribution in [-0.4, -0.2) is 22.0 Å². The van der Waals surface area contributed by atoms with Gasteiger partial charge in [0.2, 0.25) is 4.38 Å². The summed E-state index contributed by atoms with van der Waals surface area (Å²) in [6.45, 7) is 2.45. The standard InChI is InChI=1S/C13H14O2S2/c1-2-15-13(16)17-11-8-7-9-5-3-4-6-10(9)12(11)14/h3-6,11H,2,7-8H2,1H3. The first kappa shape index (κ1) is 12.6. The molecule has 4 heteroatoms. The van der Waals surface area contributed by atoms with Gasteiger partial charge in [0.1, 0.15) is 0 Å². The molecule has 2 rings (SSSR count). The van der Waals surface area contributed by atoms with Crippen LogP contribution in [-0.2, 0) is 11.2 Å². The van der Waals surface area contributed by atoms with Crippen molar-refractivity contribution < 1.29 is 9.53 Å². The van der Waals surface area contributed by atoms with Crippen molar-refractivity contribution in [3.05, 3.63) is 35.4 Å². The SMILES string of the molecule is CCOC(=S)SC1CCc2ccccc2C1=O. The Morgan fingerprint density at radius 2 is 2.29 bits per heavy atom. The maximum atomic E-state index is 12.2. The molecule has 0 aromatic heterocycles. The third-order valence-electron chi connectivity index (χ3n) is 2.75. The number of ether oxygens (including phenoxy) is 1. The summed E-state index contributed by atoms with van der Waals surface area (Å²) >= 11 is 6.45. The van der Waals surface area contributed by atoms with E-state index < -0.39 is 0 Å². The van der Waals surface area contributed by atoms with Crippen molar-refractivity contribution in [2.75, 3.05) is 6.61 Å². The Morgan fingerprint density at radius 3 is 3.06 bits per heavy atom. The summed E-state index contributed by atoms with van der Waals surface area (Å²) in [5, 5.41) is -0.0797. The molecule has 1 atom stereocenters. The first-order valence-corrected chi connectivity index (χ1v) is 6.96. The molecule has 0 aliphatic heterocycles. The molecule has 1 unspecified atom stereocenters. The molecule has 0 radical (unpaired) electrons. The Hall–Kier alpha value is -0.870. The van der Waals surface area contributed by atoms with E-state index in [9.17, 15) is 4.79 Å². The molecular weight excluding hydrogens is 252 g/mol. The van der Waals surface area contributed by atoms with Gasteiger partial charge in [-0.2, -0.15) is 0 Å². The molecule has 0 spiro atoms. The molecule has 1 aromatic carbocycles. The maximum absolute atomic E-state index is 12.2. The first-order chi connectivity index (χ1) is 8.22. The van der Waals surface area contributed by atoms with Gasteiger partial charge in [-0.1, -0.05) is 36.0 Å². The topological polar surface area (TPSA) is 26.3 Å². The van der Waals surface area contributed by atoms with Crippen LogP contribution < -0.4 is 0 Å². The lowest BCUT2D eigenvalue weighted by molar-refractivity contribution is 0.0979. The molecule has 0 N–H and O–H groups in total. The van der Waals surface area contributed by atoms with Gasteiger partial charge in [0, 0.05) is 5.56 Å². The summed E-state index contributed by atoms with van der Waals surface area (Å²) in [4.78, 5) is 12.2. The molecule has 90 valence electrons. The Labute approximate surface area is 111 Å². The number of carbonyl (C=O) groups excluding carboxylic acids is 1. The van der Waals surface area contributed by atoms with Gasteiger partial charge in [0.05, 0.1) is 11.9 Å². The minimum atomic E-state index is -0.0797. The van der Waals surface area contributed by atoms with E-state index in [1.54, 1.807) is 0 Å². The van der Waals surface area contributed by atoms with Crippen LogP contribution in [0.15, 0.2) is 24.3 Å². The van der Waals surface area contributed by atoms with Crippen LogP contribution in [0.1, 0.15) is 29.3 Å². The van der Waals surface area contributed by atoms with Gasteiger partial charge in [0.25, 0.3) is 0 Å². The van der Waals surface area contributed by atoms with E-state index in [1.165, 1.54) is 11.8 Å². The number of hydrogen-bond acceptors (Lipinski definition) is 4. The molecule has 2 nitrogen and oxygen atoms in total. The van der Waals surface area contributed by atoms with E-state index in [4.69, 9.17) is 17.0 Å². The normalized spacial score (nSPS) is 18.6. The van der Waals surface area contributed by atoms with E-state index in [1.807, 2.05) is 31.2 Å². The van der Waals surface area contributed by atoms with Crippen LogP contribution in [0, 0.1) is 0 Å². The number of thioether (sulfide) groups is 1. The number of aryl methyl sites for hydroxylation is 1. The van der Waals surface area contributed by atoms with Crippen LogP contribution in [0.2, 0.25) is 0 Å². The van der Waals surface area contributed by atoms with E-state index >= 15 is 0 Å². The zero-order valence-electron chi connectivity index (χ0n) is 9.64. The summed E-state index contributed by atoms with van der Waals surface area (Å²) in [6, 6.07) is 7.80. The maximum Gasteiger partial charge on any atom is 0.220 e. The van der Waals surface area contributed by atoms with Gasteiger partial charge in [-0.15, -0.1) is 0 Å². The average Bonchev–Trinajstić information content (AvgIpc) is 2.33. The largest absolute Gasteiger partial charge is 0.479 e. The van der Waals surface area contributed by atoms with Crippen molar-refractivity contribution in [2.45, 2.75) is 25.0 Å². The van der Waals surface area contributed by atoms with E-state index in [0.29, 0.717) is 11.0 Å². The molecule has 0 bridgehead atoms.